The van der Waals surface area contributed by atoms with Gasteiger partial charge in [-0.15, -0.1) is 0 Å². The van der Waals surface area contributed by atoms with Crippen LogP contribution in [0.5, 0.6) is 0 Å². The summed E-state index contributed by atoms with van der Waals surface area (Å²) in [6.07, 6.45) is 7.73. The number of amides is 2. The number of carbonyl (C=O) groups excluding carboxylic acids is 2. The van der Waals surface area contributed by atoms with Crippen LogP contribution < -0.4 is 5.32 Å². The minimum Gasteiger partial charge on any atom is -0.379 e. The summed E-state index contributed by atoms with van der Waals surface area (Å²) in [5, 5.41) is 5.38. The van der Waals surface area contributed by atoms with Gasteiger partial charge in [0.15, 0.2) is 0 Å². The first-order chi connectivity index (χ1) is 16.7. The average molecular weight is 464 g/mol. The minimum absolute atomic E-state index is 0.0337. The third-order valence-electron chi connectivity index (χ3n) is 8.16. The third kappa shape index (κ3) is 4.84. The molecule has 1 atom stereocenters. The smallest absolute Gasteiger partial charge is 0.254 e. The van der Waals surface area contributed by atoms with Crippen LogP contribution in [0.15, 0.2) is 42.5 Å². The van der Waals surface area contributed by atoms with E-state index in [0.29, 0.717) is 19.6 Å². The molecule has 0 bridgehead atoms. The van der Waals surface area contributed by atoms with Crippen LogP contribution in [0.4, 0.5) is 0 Å². The molecule has 6 nitrogen and oxygen atoms in total. The predicted octanol–water partition coefficient (Wildman–Crippen LogP) is 3.84. The van der Waals surface area contributed by atoms with Crippen molar-refractivity contribution in [3.8, 4) is 0 Å². The number of fused-ring (bicyclic) bond motifs is 1. The van der Waals surface area contributed by atoms with Crippen molar-refractivity contribution in [1.29, 1.82) is 0 Å². The predicted molar refractivity (Wildman–Crippen MR) is 134 cm³/mol. The Morgan fingerprint density at radius 2 is 1.71 bits per heavy atom. The zero-order chi connectivity index (χ0) is 23.4. The highest BCUT2D eigenvalue weighted by molar-refractivity contribution is 6.07. The molecule has 2 heterocycles. The van der Waals surface area contributed by atoms with Gasteiger partial charge >= 0.3 is 0 Å². The molecule has 0 radical (unpaired) electrons. The van der Waals surface area contributed by atoms with Gasteiger partial charge in [-0.05, 0) is 42.5 Å². The Hall–Kier alpha value is -2.44. The molecule has 34 heavy (non-hydrogen) atoms. The molecule has 3 fully saturated rings. The van der Waals surface area contributed by atoms with Crippen LogP contribution in [0, 0.1) is 5.92 Å². The number of ether oxygens (including phenoxy) is 1. The first kappa shape index (κ1) is 23.3. The van der Waals surface area contributed by atoms with E-state index < -0.39 is 0 Å². The summed E-state index contributed by atoms with van der Waals surface area (Å²) < 4.78 is 5.59. The van der Waals surface area contributed by atoms with Gasteiger partial charge in [0, 0.05) is 43.8 Å². The maximum absolute atomic E-state index is 13.4. The van der Waals surface area contributed by atoms with Crippen LogP contribution in [0.3, 0.4) is 0 Å². The second-order valence-electron chi connectivity index (χ2n) is 10.2. The monoisotopic (exact) mass is 463 g/mol. The van der Waals surface area contributed by atoms with E-state index in [2.05, 4.69) is 10.2 Å². The van der Waals surface area contributed by atoms with Gasteiger partial charge in [-0.2, -0.15) is 0 Å². The molecule has 0 spiro atoms. The fourth-order valence-corrected chi connectivity index (χ4v) is 6.21. The molecule has 2 aromatic carbocycles. The molecule has 1 aliphatic carbocycles. The minimum atomic E-state index is -0.141. The zero-order valence-electron chi connectivity index (χ0n) is 20.1. The second kappa shape index (κ2) is 10.4. The van der Waals surface area contributed by atoms with Gasteiger partial charge in [0.25, 0.3) is 5.91 Å². The number of benzene rings is 2. The van der Waals surface area contributed by atoms with Crippen LogP contribution in [-0.4, -0.2) is 73.1 Å². The normalized spacial score (nSPS) is 23.5. The molecule has 2 saturated heterocycles. The maximum atomic E-state index is 13.4. The van der Waals surface area contributed by atoms with Crippen molar-refractivity contribution in [3.63, 3.8) is 0 Å². The SMILES string of the molecule is O=C(NCC1(N2CCOCC2)CCCCC1)C1CCCN(C(=O)c2cccc3ccccc23)C1. The molecule has 5 rings (SSSR count). The highest BCUT2D eigenvalue weighted by Gasteiger charge is 2.39. The fourth-order valence-electron chi connectivity index (χ4n) is 6.21. The summed E-state index contributed by atoms with van der Waals surface area (Å²) in [6, 6.07) is 13.9. The highest BCUT2D eigenvalue weighted by Crippen LogP contribution is 2.34. The highest BCUT2D eigenvalue weighted by atomic mass is 16.5. The molecule has 0 aromatic heterocycles. The van der Waals surface area contributed by atoms with Crippen LogP contribution in [-0.2, 0) is 9.53 Å². The van der Waals surface area contributed by atoms with Crippen molar-refractivity contribution in [3.05, 3.63) is 48.0 Å². The quantitative estimate of drug-likeness (QED) is 0.732. The van der Waals surface area contributed by atoms with Gasteiger partial charge in [0.1, 0.15) is 0 Å². The first-order valence-corrected chi connectivity index (χ1v) is 13.0. The van der Waals surface area contributed by atoms with Crippen molar-refractivity contribution >= 4 is 22.6 Å². The molecule has 2 aliphatic heterocycles. The molecule has 1 N–H and O–H groups in total. The lowest BCUT2D eigenvalue weighted by Crippen LogP contribution is -2.60. The standard InChI is InChI=1S/C28H37N3O3/c32-26(29-21-28(13-4-1-5-14-28)31-16-18-34-19-17-31)23-10-7-15-30(20-23)27(33)25-12-6-9-22-8-2-3-11-24(22)25/h2-3,6,8-9,11-12,23H,1,4-5,7,10,13-21H2,(H,29,32). The van der Waals surface area contributed by atoms with Gasteiger partial charge in [-0.3, -0.25) is 14.5 Å². The Bertz CT molecular complexity index is 1010. The number of hydrogen-bond acceptors (Lipinski definition) is 4. The summed E-state index contributed by atoms with van der Waals surface area (Å²) >= 11 is 0. The van der Waals surface area contributed by atoms with Crippen molar-refractivity contribution in [2.45, 2.75) is 50.5 Å². The molecule has 1 unspecified atom stereocenters. The molecule has 1 saturated carbocycles. The summed E-state index contributed by atoms with van der Waals surface area (Å²) in [5.41, 5.74) is 0.790. The molecule has 6 heteroatoms. The summed E-state index contributed by atoms with van der Waals surface area (Å²) in [4.78, 5) is 31.2. The largest absolute Gasteiger partial charge is 0.379 e. The van der Waals surface area contributed by atoms with Crippen LogP contribution in [0.2, 0.25) is 0 Å². The Morgan fingerprint density at radius 3 is 2.53 bits per heavy atom. The Balaban J connectivity index is 1.24. The number of morpholine rings is 1. The number of nitrogens with zero attached hydrogens (tertiary/aromatic N) is 2. The van der Waals surface area contributed by atoms with Crippen LogP contribution in [0.1, 0.15) is 55.3 Å². The number of nitrogens with one attached hydrogen (secondary N) is 1. The van der Waals surface area contributed by atoms with Gasteiger partial charge in [-0.1, -0.05) is 55.7 Å². The van der Waals surface area contributed by atoms with Crippen molar-refractivity contribution in [2.75, 3.05) is 45.9 Å². The van der Waals surface area contributed by atoms with Gasteiger partial charge in [-0.25, -0.2) is 0 Å². The number of hydrogen-bond donors (Lipinski definition) is 1. The number of piperidine rings is 1. The lowest BCUT2D eigenvalue weighted by molar-refractivity contribution is -0.127. The summed E-state index contributed by atoms with van der Waals surface area (Å²) in [5.74, 6) is -0.00185. The van der Waals surface area contributed by atoms with E-state index >= 15 is 0 Å². The van der Waals surface area contributed by atoms with Crippen molar-refractivity contribution in [1.82, 2.24) is 15.1 Å². The maximum Gasteiger partial charge on any atom is 0.254 e. The summed E-state index contributed by atoms with van der Waals surface area (Å²) in [7, 11) is 0. The second-order valence-corrected chi connectivity index (χ2v) is 10.2. The molecule has 182 valence electrons. The average Bonchev–Trinajstić information content (AvgIpc) is 2.92. The summed E-state index contributed by atoms with van der Waals surface area (Å²) in [6.45, 7) is 5.38. The van der Waals surface area contributed by atoms with Crippen LogP contribution >= 0.6 is 0 Å². The van der Waals surface area contributed by atoms with Crippen molar-refractivity contribution in [2.24, 2.45) is 5.92 Å². The van der Waals surface area contributed by atoms with Gasteiger partial charge in [0.2, 0.25) is 5.91 Å². The van der Waals surface area contributed by atoms with E-state index in [4.69, 9.17) is 4.74 Å². The molecule has 2 amide bonds. The Labute approximate surface area is 202 Å². The lowest BCUT2D eigenvalue weighted by atomic mass is 9.79. The Morgan fingerprint density at radius 1 is 0.941 bits per heavy atom. The number of carbonyl (C=O) groups is 2. The van der Waals surface area contributed by atoms with E-state index in [1.165, 1.54) is 19.3 Å². The Kier molecular flexibility index (Phi) is 7.16. The first-order valence-electron chi connectivity index (χ1n) is 13.0. The lowest BCUT2D eigenvalue weighted by Gasteiger charge is -2.48. The van der Waals surface area contributed by atoms with Crippen LogP contribution in [0.25, 0.3) is 10.8 Å². The number of rotatable bonds is 5. The van der Waals surface area contributed by atoms with E-state index in [9.17, 15) is 9.59 Å². The molecule has 2 aromatic rings. The topological polar surface area (TPSA) is 61.9 Å². The van der Waals surface area contributed by atoms with E-state index in [1.54, 1.807) is 0 Å². The van der Waals surface area contributed by atoms with Gasteiger partial charge < -0.3 is 15.0 Å². The van der Waals surface area contributed by atoms with Gasteiger partial charge in [0.05, 0.1) is 19.1 Å². The molecular formula is C28H37N3O3. The van der Waals surface area contributed by atoms with E-state index in [1.807, 2.05) is 47.4 Å². The van der Waals surface area contributed by atoms with E-state index in [-0.39, 0.29) is 23.3 Å². The number of likely N-dealkylation sites (tertiary alicyclic amines) is 1. The van der Waals surface area contributed by atoms with E-state index in [0.717, 1.165) is 68.3 Å². The zero-order valence-corrected chi connectivity index (χ0v) is 20.1. The molecular weight excluding hydrogens is 426 g/mol. The third-order valence-corrected chi connectivity index (χ3v) is 8.16. The molecule has 3 aliphatic rings. The van der Waals surface area contributed by atoms with Crippen molar-refractivity contribution < 1.29 is 14.3 Å². The fraction of sp³-hybridized carbons (Fsp3) is 0.571.